The normalized spacial score (nSPS) is 14.7. The number of nitrogens with one attached hydrogen (secondary N) is 1. The Labute approximate surface area is 126 Å². The molecule has 1 amide bonds. The highest BCUT2D eigenvalue weighted by Crippen LogP contribution is 2.30. The highest BCUT2D eigenvalue weighted by atomic mass is 19.2. The molecule has 1 heterocycles. The Morgan fingerprint density at radius 3 is 2.52 bits per heavy atom. The van der Waals surface area contributed by atoms with Crippen LogP contribution in [0.4, 0.5) is 30.2 Å². The third kappa shape index (κ3) is 2.41. The van der Waals surface area contributed by atoms with E-state index in [1.165, 1.54) is 12.1 Å². The number of amides is 1. The van der Waals surface area contributed by atoms with Crippen LogP contribution in [0.2, 0.25) is 0 Å². The molecule has 0 spiro atoms. The lowest BCUT2D eigenvalue weighted by Crippen LogP contribution is -2.14. The highest BCUT2D eigenvalue weighted by molar-refractivity contribution is 6.54. The van der Waals surface area contributed by atoms with Gasteiger partial charge in [0.1, 0.15) is 11.4 Å². The van der Waals surface area contributed by atoms with Gasteiger partial charge in [-0.15, -0.1) is 0 Å². The molecule has 0 aromatic heterocycles. The lowest BCUT2D eigenvalue weighted by atomic mass is 10.1. The fourth-order valence-corrected chi connectivity index (χ4v) is 2.09. The van der Waals surface area contributed by atoms with Crippen LogP contribution in [0.5, 0.6) is 0 Å². The molecular formula is C14H6F3N3O3. The van der Waals surface area contributed by atoms with Gasteiger partial charge in [-0.1, -0.05) is 0 Å². The molecule has 1 N–H and O–H groups in total. The molecule has 1 aliphatic heterocycles. The molecule has 1 aliphatic rings. The second kappa shape index (κ2) is 5.20. The fourth-order valence-electron chi connectivity index (χ4n) is 2.09. The van der Waals surface area contributed by atoms with Crippen molar-refractivity contribution in [2.75, 3.05) is 5.32 Å². The number of anilines is 1. The number of benzene rings is 2. The Hall–Kier alpha value is -3.23. The number of nitrogens with zero attached hydrogens (tertiary/aromatic N) is 2. The molecule has 2 aromatic rings. The van der Waals surface area contributed by atoms with E-state index in [4.69, 9.17) is 0 Å². The maximum Gasteiger partial charge on any atom is 0.275 e. The first-order chi connectivity index (χ1) is 10.9. The Balaban J connectivity index is 2.15. The molecule has 0 saturated heterocycles. The van der Waals surface area contributed by atoms with Crippen LogP contribution in [-0.4, -0.2) is 16.5 Å². The van der Waals surface area contributed by atoms with Gasteiger partial charge in [-0.2, -0.15) is 0 Å². The molecule has 0 bridgehead atoms. The van der Waals surface area contributed by atoms with Crippen molar-refractivity contribution in [3.63, 3.8) is 0 Å². The van der Waals surface area contributed by atoms with Crippen LogP contribution in [0, 0.1) is 27.6 Å². The molecule has 2 aromatic carbocycles. The molecule has 0 saturated carbocycles. The van der Waals surface area contributed by atoms with Crippen molar-refractivity contribution < 1.29 is 22.9 Å². The van der Waals surface area contributed by atoms with Crippen molar-refractivity contribution in [2.24, 2.45) is 4.99 Å². The maximum absolute atomic E-state index is 13.7. The zero-order valence-electron chi connectivity index (χ0n) is 11.1. The number of nitro benzene ring substituents is 1. The largest absolute Gasteiger partial charge is 0.320 e. The van der Waals surface area contributed by atoms with Crippen LogP contribution in [0.15, 0.2) is 35.3 Å². The lowest BCUT2D eigenvalue weighted by molar-refractivity contribution is -0.384. The molecule has 6 nitrogen and oxygen atoms in total. The average molecular weight is 321 g/mol. The number of rotatable bonds is 2. The number of carbonyl (C=O) groups excluding carboxylic acids is 1. The molecule has 3 rings (SSSR count). The van der Waals surface area contributed by atoms with Gasteiger partial charge >= 0.3 is 0 Å². The van der Waals surface area contributed by atoms with Gasteiger partial charge < -0.3 is 5.32 Å². The second-order valence-electron chi connectivity index (χ2n) is 4.60. The highest BCUT2D eigenvalue weighted by Gasteiger charge is 2.28. The van der Waals surface area contributed by atoms with Crippen molar-refractivity contribution in [1.29, 1.82) is 0 Å². The Morgan fingerprint density at radius 2 is 1.83 bits per heavy atom. The first-order valence-corrected chi connectivity index (χ1v) is 6.21. The Bertz CT molecular complexity index is 896. The van der Waals surface area contributed by atoms with E-state index in [9.17, 15) is 28.1 Å². The molecule has 116 valence electrons. The molecule has 0 atom stereocenters. The standard InChI is InChI=1S/C14H6F3N3O3/c15-8-2-4-10(12(17)11(8)16)18-13-7-5-6(20(22)23)1-3-9(7)19-14(13)21/h1-5H,(H,18,19,21). The van der Waals surface area contributed by atoms with Gasteiger partial charge in [-0.25, -0.2) is 18.2 Å². The number of hydrogen-bond acceptors (Lipinski definition) is 4. The second-order valence-corrected chi connectivity index (χ2v) is 4.60. The molecule has 0 radical (unpaired) electrons. The average Bonchev–Trinajstić information content (AvgIpc) is 2.82. The SMILES string of the molecule is O=C1Nc2ccc([N+](=O)[O-])cc2C1=Nc1ccc(F)c(F)c1F. The van der Waals surface area contributed by atoms with E-state index in [0.29, 0.717) is 6.07 Å². The smallest absolute Gasteiger partial charge is 0.275 e. The van der Waals surface area contributed by atoms with Crippen molar-refractivity contribution in [3.05, 3.63) is 63.5 Å². The van der Waals surface area contributed by atoms with Gasteiger partial charge in [0.2, 0.25) is 0 Å². The van der Waals surface area contributed by atoms with Gasteiger partial charge in [0.05, 0.1) is 10.6 Å². The zero-order chi connectivity index (χ0) is 16.7. The third-order valence-electron chi connectivity index (χ3n) is 3.18. The zero-order valence-corrected chi connectivity index (χ0v) is 11.1. The monoisotopic (exact) mass is 321 g/mol. The van der Waals surface area contributed by atoms with Gasteiger partial charge in [0.15, 0.2) is 17.5 Å². The number of aliphatic imine (C=N–C) groups is 1. The molecule has 0 fully saturated rings. The predicted octanol–water partition coefficient (Wildman–Crippen LogP) is 3.09. The number of hydrogen-bond donors (Lipinski definition) is 1. The van der Waals surface area contributed by atoms with Gasteiger partial charge in [-0.3, -0.25) is 14.9 Å². The van der Waals surface area contributed by atoms with Crippen LogP contribution in [-0.2, 0) is 4.79 Å². The summed E-state index contributed by atoms with van der Waals surface area (Å²) < 4.78 is 39.8. The summed E-state index contributed by atoms with van der Waals surface area (Å²) in [6.45, 7) is 0. The minimum Gasteiger partial charge on any atom is -0.320 e. The lowest BCUT2D eigenvalue weighted by Gasteiger charge is -2.01. The van der Waals surface area contributed by atoms with Crippen LogP contribution in [0.3, 0.4) is 0 Å². The summed E-state index contributed by atoms with van der Waals surface area (Å²) in [5.41, 5.74) is -0.878. The summed E-state index contributed by atoms with van der Waals surface area (Å²) in [4.78, 5) is 25.7. The number of carbonyl (C=O) groups is 1. The summed E-state index contributed by atoms with van der Waals surface area (Å²) in [6, 6.07) is 5.10. The van der Waals surface area contributed by atoms with Crippen molar-refractivity contribution in [3.8, 4) is 0 Å². The minimum atomic E-state index is -1.72. The van der Waals surface area contributed by atoms with Crippen molar-refractivity contribution in [1.82, 2.24) is 0 Å². The number of fused-ring (bicyclic) bond motifs is 1. The fraction of sp³-hybridized carbons (Fsp3) is 0. The van der Waals surface area contributed by atoms with E-state index in [1.807, 2.05) is 0 Å². The van der Waals surface area contributed by atoms with E-state index >= 15 is 0 Å². The van der Waals surface area contributed by atoms with Crippen LogP contribution >= 0.6 is 0 Å². The quantitative estimate of drug-likeness (QED) is 0.524. The van der Waals surface area contributed by atoms with Crippen LogP contribution < -0.4 is 5.32 Å². The Kier molecular flexibility index (Phi) is 3.32. The summed E-state index contributed by atoms with van der Waals surface area (Å²) >= 11 is 0. The first-order valence-electron chi connectivity index (χ1n) is 6.21. The molecule has 0 aliphatic carbocycles. The van der Waals surface area contributed by atoms with Gasteiger partial charge in [0, 0.05) is 17.7 Å². The summed E-state index contributed by atoms with van der Waals surface area (Å²) in [5, 5.41) is 13.2. The minimum absolute atomic E-state index is 0.0772. The van der Waals surface area contributed by atoms with E-state index in [1.54, 1.807) is 0 Å². The van der Waals surface area contributed by atoms with E-state index in [-0.39, 0.29) is 22.6 Å². The third-order valence-corrected chi connectivity index (χ3v) is 3.18. The topological polar surface area (TPSA) is 84.6 Å². The Morgan fingerprint density at radius 1 is 1.09 bits per heavy atom. The molecular weight excluding hydrogens is 315 g/mol. The number of non-ortho nitro benzene ring substituents is 1. The van der Waals surface area contributed by atoms with Gasteiger partial charge in [0.25, 0.3) is 11.6 Å². The van der Waals surface area contributed by atoms with Crippen molar-refractivity contribution >= 4 is 28.7 Å². The molecule has 9 heteroatoms. The summed E-state index contributed by atoms with van der Waals surface area (Å²) in [5.74, 6) is -5.39. The maximum atomic E-state index is 13.7. The first kappa shape index (κ1) is 14.7. The van der Waals surface area contributed by atoms with Crippen molar-refractivity contribution in [2.45, 2.75) is 0 Å². The molecule has 23 heavy (non-hydrogen) atoms. The number of halogens is 3. The summed E-state index contributed by atoms with van der Waals surface area (Å²) in [7, 11) is 0. The van der Waals surface area contributed by atoms with E-state index in [2.05, 4.69) is 10.3 Å². The summed E-state index contributed by atoms with van der Waals surface area (Å²) in [6.07, 6.45) is 0. The van der Waals surface area contributed by atoms with E-state index < -0.39 is 34.0 Å². The number of nitro groups is 1. The van der Waals surface area contributed by atoms with E-state index in [0.717, 1.165) is 12.1 Å². The molecule has 0 unspecified atom stereocenters. The predicted molar refractivity (Wildman–Crippen MR) is 74.2 cm³/mol. The van der Waals surface area contributed by atoms with Crippen LogP contribution in [0.25, 0.3) is 0 Å². The van der Waals surface area contributed by atoms with Crippen LogP contribution in [0.1, 0.15) is 5.56 Å². The van der Waals surface area contributed by atoms with Gasteiger partial charge in [-0.05, 0) is 18.2 Å².